The Morgan fingerprint density at radius 3 is 3.00 bits per heavy atom. The Labute approximate surface area is 88.9 Å². The zero-order valence-electron chi connectivity index (χ0n) is 6.76. The van der Waals surface area contributed by atoms with Crippen molar-refractivity contribution < 1.29 is 9.18 Å². The lowest BCUT2D eigenvalue weighted by Crippen LogP contribution is -2.25. The number of hydrogen-bond acceptors (Lipinski definition) is 2. The van der Waals surface area contributed by atoms with Gasteiger partial charge < -0.3 is 5.32 Å². The molecule has 13 heavy (non-hydrogen) atoms. The van der Waals surface area contributed by atoms with Gasteiger partial charge in [0, 0.05) is 22.5 Å². The van der Waals surface area contributed by atoms with Crippen molar-refractivity contribution >= 4 is 28.5 Å². The van der Waals surface area contributed by atoms with E-state index >= 15 is 0 Å². The van der Waals surface area contributed by atoms with E-state index in [1.165, 1.54) is 6.20 Å². The number of halogens is 2. The zero-order valence-corrected chi connectivity index (χ0v) is 8.92. The van der Waals surface area contributed by atoms with E-state index in [-0.39, 0.29) is 12.5 Å². The standard InChI is InChI=1S/C8H8FIN2O/c9-1-2-12-8(13)6-3-7(10)5-11-4-6/h3-5H,1-2H2,(H,12,13). The highest BCUT2D eigenvalue weighted by Gasteiger charge is 2.04. The minimum Gasteiger partial charge on any atom is -0.349 e. The molecule has 3 nitrogen and oxygen atoms in total. The van der Waals surface area contributed by atoms with Crippen LogP contribution in [0.1, 0.15) is 10.4 Å². The quantitative estimate of drug-likeness (QED) is 0.856. The molecule has 0 aliphatic carbocycles. The SMILES string of the molecule is O=C(NCCF)c1cncc(I)c1. The largest absolute Gasteiger partial charge is 0.349 e. The first kappa shape index (κ1) is 10.4. The lowest BCUT2D eigenvalue weighted by Gasteiger charge is -2.01. The number of nitrogens with one attached hydrogen (secondary N) is 1. The lowest BCUT2D eigenvalue weighted by molar-refractivity contribution is 0.0950. The van der Waals surface area contributed by atoms with Gasteiger partial charge >= 0.3 is 0 Å². The summed E-state index contributed by atoms with van der Waals surface area (Å²) in [7, 11) is 0. The number of carbonyl (C=O) groups is 1. The third-order valence-electron chi connectivity index (χ3n) is 1.35. The second-order valence-electron chi connectivity index (χ2n) is 2.34. The number of pyridine rings is 1. The summed E-state index contributed by atoms with van der Waals surface area (Å²) in [5.74, 6) is -0.288. The number of aromatic nitrogens is 1. The predicted octanol–water partition coefficient (Wildman–Crippen LogP) is 1.39. The molecule has 0 fully saturated rings. The first-order chi connectivity index (χ1) is 6.24. The molecule has 1 aromatic heterocycles. The van der Waals surface area contributed by atoms with Crippen molar-refractivity contribution in [3.8, 4) is 0 Å². The number of rotatable bonds is 3. The molecule has 0 unspecified atom stereocenters. The summed E-state index contributed by atoms with van der Waals surface area (Å²) in [5.41, 5.74) is 0.459. The van der Waals surface area contributed by atoms with Gasteiger partial charge in [-0.15, -0.1) is 0 Å². The summed E-state index contributed by atoms with van der Waals surface area (Å²) in [6.45, 7) is -0.507. The van der Waals surface area contributed by atoms with E-state index in [9.17, 15) is 9.18 Å². The Morgan fingerprint density at radius 2 is 2.38 bits per heavy atom. The van der Waals surface area contributed by atoms with Gasteiger partial charge in [0.05, 0.1) is 5.56 Å². The Kier molecular flexibility index (Phi) is 4.07. The van der Waals surface area contributed by atoms with Crippen LogP contribution in [0.3, 0.4) is 0 Å². The van der Waals surface area contributed by atoms with E-state index in [1.807, 2.05) is 0 Å². The molecule has 0 spiro atoms. The maximum atomic E-state index is 11.7. The van der Waals surface area contributed by atoms with Crippen molar-refractivity contribution in [1.82, 2.24) is 10.3 Å². The van der Waals surface area contributed by atoms with Crippen LogP contribution in [-0.4, -0.2) is 24.1 Å². The minimum absolute atomic E-state index is 0.0459. The molecule has 1 aromatic rings. The van der Waals surface area contributed by atoms with Crippen LogP contribution in [0.5, 0.6) is 0 Å². The third-order valence-corrected chi connectivity index (χ3v) is 1.94. The monoisotopic (exact) mass is 294 g/mol. The van der Waals surface area contributed by atoms with Gasteiger partial charge in [0.15, 0.2) is 0 Å². The maximum Gasteiger partial charge on any atom is 0.252 e. The third kappa shape index (κ3) is 3.25. The second-order valence-corrected chi connectivity index (χ2v) is 3.58. The fourth-order valence-electron chi connectivity index (χ4n) is 0.799. The molecule has 0 aromatic carbocycles. The second kappa shape index (κ2) is 5.11. The average molecular weight is 294 g/mol. The Morgan fingerprint density at radius 1 is 1.62 bits per heavy atom. The summed E-state index contributed by atoms with van der Waals surface area (Å²) >= 11 is 2.06. The van der Waals surface area contributed by atoms with Gasteiger partial charge in [0.25, 0.3) is 5.91 Å². The average Bonchev–Trinajstić information content (AvgIpc) is 2.14. The fourth-order valence-corrected chi connectivity index (χ4v) is 1.30. The molecule has 1 N–H and O–H groups in total. The highest BCUT2D eigenvalue weighted by molar-refractivity contribution is 14.1. The maximum absolute atomic E-state index is 11.7. The number of carbonyl (C=O) groups excluding carboxylic acids is 1. The van der Waals surface area contributed by atoms with Gasteiger partial charge in [-0.25, -0.2) is 4.39 Å². The summed E-state index contributed by atoms with van der Waals surface area (Å²) in [4.78, 5) is 15.1. The van der Waals surface area contributed by atoms with Crippen molar-refractivity contribution in [2.75, 3.05) is 13.2 Å². The van der Waals surface area contributed by atoms with Gasteiger partial charge in [-0.2, -0.15) is 0 Å². The van der Waals surface area contributed by atoms with Gasteiger partial charge in [-0.05, 0) is 28.7 Å². The molecule has 0 atom stereocenters. The lowest BCUT2D eigenvalue weighted by atomic mass is 10.3. The van der Waals surface area contributed by atoms with E-state index in [1.54, 1.807) is 12.3 Å². The van der Waals surface area contributed by atoms with E-state index in [0.29, 0.717) is 5.56 Å². The molecule has 0 radical (unpaired) electrons. The number of amides is 1. The van der Waals surface area contributed by atoms with E-state index in [4.69, 9.17) is 0 Å². The van der Waals surface area contributed by atoms with Crippen molar-refractivity contribution in [3.05, 3.63) is 27.6 Å². The molecule has 0 saturated heterocycles. The molecule has 0 aliphatic rings. The minimum atomic E-state index is -0.552. The number of hydrogen-bond donors (Lipinski definition) is 1. The van der Waals surface area contributed by atoms with Gasteiger partial charge in [0.1, 0.15) is 6.67 Å². The summed E-state index contributed by atoms with van der Waals surface area (Å²) < 4.78 is 12.6. The predicted molar refractivity (Wildman–Crippen MR) is 55.3 cm³/mol. The molecular formula is C8H8FIN2O. The molecule has 1 amide bonds. The molecule has 1 rings (SSSR count). The molecule has 0 bridgehead atoms. The van der Waals surface area contributed by atoms with Crippen LogP contribution in [0, 0.1) is 3.57 Å². The number of nitrogens with zero attached hydrogens (tertiary/aromatic N) is 1. The molecule has 1 heterocycles. The zero-order chi connectivity index (χ0) is 9.68. The van der Waals surface area contributed by atoms with Crippen molar-refractivity contribution in [2.45, 2.75) is 0 Å². The molecule has 5 heteroatoms. The van der Waals surface area contributed by atoms with Crippen LogP contribution < -0.4 is 5.32 Å². The topological polar surface area (TPSA) is 42.0 Å². The summed E-state index contributed by atoms with van der Waals surface area (Å²) in [6.07, 6.45) is 3.10. The van der Waals surface area contributed by atoms with Crippen molar-refractivity contribution in [2.24, 2.45) is 0 Å². The van der Waals surface area contributed by atoms with Crippen LogP contribution in [0.4, 0.5) is 4.39 Å². The fraction of sp³-hybridized carbons (Fsp3) is 0.250. The number of alkyl halides is 1. The van der Waals surface area contributed by atoms with E-state index in [2.05, 4.69) is 32.9 Å². The molecule has 70 valence electrons. The van der Waals surface area contributed by atoms with Gasteiger partial charge in [-0.3, -0.25) is 9.78 Å². The van der Waals surface area contributed by atoms with Crippen molar-refractivity contribution in [1.29, 1.82) is 0 Å². The Balaban J connectivity index is 2.66. The normalized spacial score (nSPS) is 9.69. The van der Waals surface area contributed by atoms with E-state index < -0.39 is 6.67 Å². The Bertz CT molecular complexity index is 306. The van der Waals surface area contributed by atoms with Crippen LogP contribution in [-0.2, 0) is 0 Å². The summed E-state index contributed by atoms with van der Waals surface area (Å²) in [6, 6.07) is 1.70. The van der Waals surface area contributed by atoms with Gasteiger partial charge in [-0.1, -0.05) is 0 Å². The highest BCUT2D eigenvalue weighted by atomic mass is 127. The van der Waals surface area contributed by atoms with Crippen LogP contribution in [0.25, 0.3) is 0 Å². The van der Waals surface area contributed by atoms with Crippen LogP contribution in [0.2, 0.25) is 0 Å². The summed E-state index contributed by atoms with van der Waals surface area (Å²) in [5, 5.41) is 2.42. The van der Waals surface area contributed by atoms with Crippen molar-refractivity contribution in [3.63, 3.8) is 0 Å². The Hall–Kier alpha value is -0.720. The van der Waals surface area contributed by atoms with Gasteiger partial charge in [0.2, 0.25) is 0 Å². The van der Waals surface area contributed by atoms with Crippen LogP contribution >= 0.6 is 22.6 Å². The highest BCUT2D eigenvalue weighted by Crippen LogP contribution is 2.04. The molecule has 0 saturated carbocycles. The first-order valence-corrected chi connectivity index (χ1v) is 4.76. The first-order valence-electron chi connectivity index (χ1n) is 3.69. The molecular weight excluding hydrogens is 286 g/mol. The van der Waals surface area contributed by atoms with Crippen LogP contribution in [0.15, 0.2) is 18.5 Å². The van der Waals surface area contributed by atoms with E-state index in [0.717, 1.165) is 3.57 Å². The molecule has 0 aliphatic heterocycles. The smallest absolute Gasteiger partial charge is 0.252 e.